The third-order valence-corrected chi connectivity index (χ3v) is 4.51. The van der Waals surface area contributed by atoms with E-state index in [2.05, 4.69) is 47.6 Å². The molecular weight excluding hydrogens is 236 g/mol. The van der Waals surface area contributed by atoms with Gasteiger partial charge in [0.15, 0.2) is 5.78 Å². The van der Waals surface area contributed by atoms with Crippen LogP contribution in [0, 0.1) is 6.92 Å². The molecule has 1 aromatic rings. The van der Waals surface area contributed by atoms with Crippen LogP contribution >= 0.6 is 0 Å². The molecule has 0 fully saturated rings. The Hall–Kier alpha value is -1.31. The van der Waals surface area contributed by atoms with Crippen LogP contribution in [-0.4, -0.2) is 11.9 Å². The number of carbonyl (C=O) groups is 1. The number of ketones is 1. The molecule has 1 aromatic carbocycles. The Morgan fingerprint density at radius 1 is 1.37 bits per heavy atom. The van der Waals surface area contributed by atoms with E-state index in [1.807, 2.05) is 0 Å². The first-order valence-corrected chi connectivity index (χ1v) is 7.03. The molecule has 1 aliphatic heterocycles. The topological polar surface area (TPSA) is 26.3 Å². The predicted octanol–water partition coefficient (Wildman–Crippen LogP) is 4.38. The van der Waals surface area contributed by atoms with Gasteiger partial charge in [-0.3, -0.25) is 4.79 Å². The van der Waals surface area contributed by atoms with Crippen molar-refractivity contribution in [1.82, 2.24) is 0 Å². The summed E-state index contributed by atoms with van der Waals surface area (Å²) >= 11 is 0. The zero-order valence-corrected chi connectivity index (χ0v) is 13.0. The predicted molar refractivity (Wildman–Crippen MR) is 78.4 cm³/mol. The lowest BCUT2D eigenvalue weighted by Crippen LogP contribution is -2.29. The molecule has 0 bridgehead atoms. The van der Waals surface area contributed by atoms with Crippen LogP contribution in [0.4, 0.5) is 0 Å². The number of hydrogen-bond acceptors (Lipinski definition) is 2. The van der Waals surface area contributed by atoms with E-state index in [-0.39, 0.29) is 17.3 Å². The minimum atomic E-state index is -0.0425. The second-order valence-electron chi connectivity index (χ2n) is 6.53. The fourth-order valence-corrected chi connectivity index (χ4v) is 3.17. The number of ether oxygens (including phenoxy) is 1. The van der Waals surface area contributed by atoms with Gasteiger partial charge in [-0.15, -0.1) is 0 Å². The normalized spacial score (nSPS) is 20.3. The first kappa shape index (κ1) is 14.1. The number of hydrogen-bond donors (Lipinski definition) is 0. The first-order valence-electron chi connectivity index (χ1n) is 7.03. The standard InChI is InChI=1S/C17H24O2/c1-9(2)13-8-14-16(10(3)15(13)11(4)18)17(6,7)12(5)19-14/h8-9,12H,1-7H3. The van der Waals surface area contributed by atoms with Gasteiger partial charge in [0.2, 0.25) is 0 Å². The molecule has 1 atom stereocenters. The molecule has 0 aliphatic carbocycles. The van der Waals surface area contributed by atoms with E-state index in [1.54, 1.807) is 6.92 Å². The summed E-state index contributed by atoms with van der Waals surface area (Å²) < 4.78 is 6.02. The van der Waals surface area contributed by atoms with Crippen LogP contribution in [0.25, 0.3) is 0 Å². The summed E-state index contributed by atoms with van der Waals surface area (Å²) in [5, 5.41) is 0. The van der Waals surface area contributed by atoms with Gasteiger partial charge in [-0.25, -0.2) is 0 Å². The van der Waals surface area contributed by atoms with Crippen molar-refractivity contribution in [1.29, 1.82) is 0 Å². The van der Waals surface area contributed by atoms with Crippen molar-refractivity contribution >= 4 is 5.78 Å². The third kappa shape index (κ3) is 1.98. The smallest absolute Gasteiger partial charge is 0.160 e. The van der Waals surface area contributed by atoms with Gasteiger partial charge >= 0.3 is 0 Å². The lowest BCUT2D eigenvalue weighted by atomic mass is 9.76. The Balaban J connectivity index is 2.79. The summed E-state index contributed by atoms with van der Waals surface area (Å²) in [5.41, 5.74) is 4.25. The fraction of sp³-hybridized carbons (Fsp3) is 0.588. The molecule has 1 heterocycles. The largest absolute Gasteiger partial charge is 0.489 e. The van der Waals surface area contributed by atoms with Crippen molar-refractivity contribution in [2.45, 2.75) is 65.9 Å². The summed E-state index contributed by atoms with van der Waals surface area (Å²) in [5.74, 6) is 1.44. The maximum Gasteiger partial charge on any atom is 0.160 e. The molecular formula is C17H24O2. The molecule has 0 N–H and O–H groups in total. The zero-order valence-electron chi connectivity index (χ0n) is 13.0. The van der Waals surface area contributed by atoms with Crippen molar-refractivity contribution in [2.75, 3.05) is 0 Å². The van der Waals surface area contributed by atoms with Crippen LogP contribution in [0.15, 0.2) is 6.07 Å². The summed E-state index contributed by atoms with van der Waals surface area (Å²) in [7, 11) is 0. The highest BCUT2D eigenvalue weighted by molar-refractivity contribution is 5.98. The van der Waals surface area contributed by atoms with Gasteiger partial charge in [-0.2, -0.15) is 0 Å². The number of Topliss-reactive ketones (excluding diaryl/α,β-unsaturated/α-hetero) is 1. The molecule has 0 spiro atoms. The van der Waals surface area contributed by atoms with E-state index < -0.39 is 0 Å². The van der Waals surface area contributed by atoms with Gasteiger partial charge in [-0.05, 0) is 43.9 Å². The maximum atomic E-state index is 12.0. The van der Waals surface area contributed by atoms with E-state index in [4.69, 9.17) is 4.74 Å². The van der Waals surface area contributed by atoms with Crippen molar-refractivity contribution < 1.29 is 9.53 Å². The molecule has 2 rings (SSSR count). The van der Waals surface area contributed by atoms with Crippen LogP contribution in [0.3, 0.4) is 0 Å². The van der Waals surface area contributed by atoms with Crippen LogP contribution in [0.2, 0.25) is 0 Å². The maximum absolute atomic E-state index is 12.0. The zero-order chi connectivity index (χ0) is 14.5. The van der Waals surface area contributed by atoms with Gasteiger partial charge < -0.3 is 4.74 Å². The first-order chi connectivity index (χ1) is 8.67. The number of rotatable bonds is 2. The number of fused-ring (bicyclic) bond motifs is 1. The Morgan fingerprint density at radius 3 is 2.42 bits per heavy atom. The Bertz CT molecular complexity index is 539. The summed E-state index contributed by atoms with van der Waals surface area (Å²) in [6.45, 7) is 14.4. The number of carbonyl (C=O) groups excluding carboxylic acids is 1. The quantitative estimate of drug-likeness (QED) is 0.738. The average Bonchev–Trinajstić information content (AvgIpc) is 2.48. The van der Waals surface area contributed by atoms with Gasteiger partial charge in [-0.1, -0.05) is 27.7 Å². The molecule has 0 radical (unpaired) electrons. The molecule has 0 saturated heterocycles. The van der Waals surface area contributed by atoms with Crippen molar-refractivity contribution in [3.8, 4) is 5.75 Å². The van der Waals surface area contributed by atoms with Crippen molar-refractivity contribution in [3.05, 3.63) is 28.3 Å². The molecule has 2 nitrogen and oxygen atoms in total. The molecule has 19 heavy (non-hydrogen) atoms. The molecule has 1 aliphatic rings. The van der Waals surface area contributed by atoms with Gasteiger partial charge in [0.05, 0.1) is 0 Å². The summed E-state index contributed by atoms with van der Waals surface area (Å²) in [4.78, 5) is 12.0. The highest BCUT2D eigenvalue weighted by atomic mass is 16.5. The van der Waals surface area contributed by atoms with Gasteiger partial charge in [0.25, 0.3) is 0 Å². The second kappa shape index (κ2) is 4.36. The molecule has 1 unspecified atom stereocenters. The van der Waals surface area contributed by atoms with Gasteiger partial charge in [0, 0.05) is 16.5 Å². The van der Waals surface area contributed by atoms with Crippen molar-refractivity contribution in [3.63, 3.8) is 0 Å². The Labute approximate surface area is 116 Å². The number of benzene rings is 1. The van der Waals surface area contributed by atoms with Crippen molar-refractivity contribution in [2.24, 2.45) is 0 Å². The van der Waals surface area contributed by atoms with Crippen LogP contribution in [-0.2, 0) is 5.41 Å². The van der Waals surface area contributed by atoms with E-state index in [0.29, 0.717) is 5.92 Å². The van der Waals surface area contributed by atoms with E-state index >= 15 is 0 Å². The lowest BCUT2D eigenvalue weighted by Gasteiger charge is -2.25. The minimum Gasteiger partial charge on any atom is -0.489 e. The molecule has 2 heteroatoms. The average molecular weight is 260 g/mol. The van der Waals surface area contributed by atoms with E-state index in [0.717, 1.165) is 22.4 Å². The molecule has 0 saturated carbocycles. The van der Waals surface area contributed by atoms with Crippen LogP contribution < -0.4 is 4.74 Å². The summed E-state index contributed by atoms with van der Waals surface area (Å²) in [6, 6.07) is 2.08. The van der Waals surface area contributed by atoms with Crippen LogP contribution in [0.1, 0.15) is 74.5 Å². The van der Waals surface area contributed by atoms with Crippen LogP contribution in [0.5, 0.6) is 5.75 Å². The Kier molecular flexibility index (Phi) is 3.24. The van der Waals surface area contributed by atoms with Gasteiger partial charge in [0.1, 0.15) is 11.9 Å². The van der Waals surface area contributed by atoms with E-state index in [1.165, 1.54) is 5.56 Å². The fourth-order valence-electron chi connectivity index (χ4n) is 3.17. The monoisotopic (exact) mass is 260 g/mol. The minimum absolute atomic E-state index is 0.0425. The van der Waals surface area contributed by atoms with E-state index in [9.17, 15) is 4.79 Å². The summed E-state index contributed by atoms with van der Waals surface area (Å²) in [6.07, 6.45) is 0.142. The highest BCUT2D eigenvalue weighted by Gasteiger charge is 2.41. The highest BCUT2D eigenvalue weighted by Crippen LogP contribution is 2.47. The SMILES string of the molecule is CC(=O)c1c(C(C)C)cc2c(c1C)C(C)(C)C(C)O2. The molecule has 0 aromatic heterocycles. The molecule has 0 amide bonds. The Morgan fingerprint density at radius 2 is 1.95 bits per heavy atom. The second-order valence-corrected chi connectivity index (χ2v) is 6.53. The lowest BCUT2D eigenvalue weighted by molar-refractivity contribution is 0.101. The molecule has 104 valence electrons. The third-order valence-electron chi connectivity index (χ3n) is 4.51.